The number of hydrogen-bond acceptors (Lipinski definition) is 4. The van der Waals surface area contributed by atoms with Crippen molar-refractivity contribution in [1.29, 1.82) is 0 Å². The molecule has 0 bridgehead atoms. The molecule has 0 saturated heterocycles. The van der Waals surface area contributed by atoms with Crippen LogP contribution in [0.5, 0.6) is 11.5 Å². The third-order valence-corrected chi connectivity index (χ3v) is 2.99. The molecule has 23 heavy (non-hydrogen) atoms. The van der Waals surface area contributed by atoms with Gasteiger partial charge in [0.05, 0.1) is 24.0 Å². The summed E-state index contributed by atoms with van der Waals surface area (Å²) in [5, 5.41) is 3.91. The molecule has 0 aliphatic heterocycles. The van der Waals surface area contributed by atoms with Crippen LogP contribution < -0.4 is 14.9 Å². The van der Waals surface area contributed by atoms with E-state index in [1.54, 1.807) is 0 Å². The van der Waals surface area contributed by atoms with Gasteiger partial charge in [0.2, 0.25) is 0 Å². The Labute approximate surface area is 135 Å². The van der Waals surface area contributed by atoms with E-state index in [0.717, 1.165) is 0 Å². The van der Waals surface area contributed by atoms with Crippen molar-refractivity contribution >= 4 is 23.5 Å². The minimum atomic E-state index is -3.01. The molecule has 2 aromatic rings. The van der Waals surface area contributed by atoms with E-state index in [1.807, 2.05) is 0 Å². The summed E-state index contributed by atoms with van der Waals surface area (Å²) in [4.78, 5) is 0. The quantitative estimate of drug-likeness (QED) is 0.618. The normalized spacial score (nSPS) is 11.0. The third kappa shape index (κ3) is 4.79. The number of hydrogen-bond donors (Lipinski definition) is 1. The summed E-state index contributed by atoms with van der Waals surface area (Å²) in [6.45, 7) is -3.01. The Bertz CT molecular complexity index is 694. The molecule has 4 nitrogen and oxygen atoms in total. The molecule has 1 N–H and O–H groups in total. The first kappa shape index (κ1) is 17.0. The van der Waals surface area contributed by atoms with Crippen LogP contribution in [-0.4, -0.2) is 19.9 Å². The van der Waals surface area contributed by atoms with Crippen LogP contribution in [0.1, 0.15) is 5.56 Å². The lowest BCUT2D eigenvalue weighted by Crippen LogP contribution is -2.04. The minimum absolute atomic E-state index is 0.0344. The molecule has 0 radical (unpaired) electrons. The van der Waals surface area contributed by atoms with Gasteiger partial charge in [-0.25, -0.2) is 4.39 Å². The molecule has 122 valence electrons. The monoisotopic (exact) mass is 344 g/mol. The highest BCUT2D eigenvalue weighted by atomic mass is 35.5. The van der Waals surface area contributed by atoms with E-state index in [-0.39, 0.29) is 22.3 Å². The van der Waals surface area contributed by atoms with E-state index in [2.05, 4.69) is 15.3 Å². The summed E-state index contributed by atoms with van der Waals surface area (Å²) in [6.07, 6.45) is 1.41. The average molecular weight is 345 g/mol. The van der Waals surface area contributed by atoms with Crippen LogP contribution >= 0.6 is 11.6 Å². The van der Waals surface area contributed by atoms with E-state index in [4.69, 9.17) is 16.3 Å². The van der Waals surface area contributed by atoms with Crippen molar-refractivity contribution in [3.05, 3.63) is 52.8 Å². The van der Waals surface area contributed by atoms with Crippen LogP contribution in [0.15, 0.2) is 41.5 Å². The van der Waals surface area contributed by atoms with Gasteiger partial charge in [-0.3, -0.25) is 5.43 Å². The maximum absolute atomic E-state index is 12.8. The molecule has 0 aliphatic rings. The summed E-state index contributed by atoms with van der Waals surface area (Å²) in [7, 11) is 1.31. The van der Waals surface area contributed by atoms with Crippen LogP contribution in [0, 0.1) is 5.82 Å². The second-order valence-corrected chi connectivity index (χ2v) is 4.70. The fourth-order valence-corrected chi connectivity index (χ4v) is 1.99. The van der Waals surface area contributed by atoms with Gasteiger partial charge in [0.25, 0.3) is 0 Å². The number of halogens is 4. The van der Waals surface area contributed by atoms with Crippen molar-refractivity contribution in [3.8, 4) is 11.5 Å². The fraction of sp³-hybridized carbons (Fsp3) is 0.133. The topological polar surface area (TPSA) is 42.8 Å². The Morgan fingerprint density at radius 3 is 2.52 bits per heavy atom. The summed E-state index contributed by atoms with van der Waals surface area (Å²) in [5.74, 6) is -0.542. The van der Waals surface area contributed by atoms with E-state index in [1.165, 1.54) is 49.7 Å². The Hall–Kier alpha value is -2.41. The van der Waals surface area contributed by atoms with Gasteiger partial charge in [-0.05, 0) is 42.0 Å². The summed E-state index contributed by atoms with van der Waals surface area (Å²) < 4.78 is 46.7. The van der Waals surface area contributed by atoms with Crippen molar-refractivity contribution in [2.24, 2.45) is 5.10 Å². The summed E-state index contributed by atoms with van der Waals surface area (Å²) in [5.41, 5.74) is 3.78. The van der Waals surface area contributed by atoms with E-state index < -0.39 is 6.61 Å². The standard InChI is InChI=1S/C15H12ClF3N2O2/c1-22-13-7-9(6-12(16)14(13)23-15(18)19)8-20-21-11-4-2-10(17)3-5-11/h2-8,15,21H,1H3/b20-8-. The lowest BCUT2D eigenvalue weighted by molar-refractivity contribution is -0.0511. The number of hydrazone groups is 1. The SMILES string of the molecule is COc1cc(/C=N\Nc2ccc(F)cc2)cc(Cl)c1OC(F)F. The lowest BCUT2D eigenvalue weighted by Gasteiger charge is -2.12. The van der Waals surface area contributed by atoms with Gasteiger partial charge in [-0.2, -0.15) is 13.9 Å². The van der Waals surface area contributed by atoms with Crippen LogP contribution in [0.2, 0.25) is 5.02 Å². The van der Waals surface area contributed by atoms with Crippen molar-refractivity contribution < 1.29 is 22.6 Å². The van der Waals surface area contributed by atoms with Gasteiger partial charge in [-0.1, -0.05) is 11.6 Å². The molecule has 0 heterocycles. The number of rotatable bonds is 6. The highest BCUT2D eigenvalue weighted by Crippen LogP contribution is 2.37. The highest BCUT2D eigenvalue weighted by Gasteiger charge is 2.15. The minimum Gasteiger partial charge on any atom is -0.493 e. The van der Waals surface area contributed by atoms with Crippen molar-refractivity contribution in [2.45, 2.75) is 6.61 Å². The zero-order valence-electron chi connectivity index (χ0n) is 11.9. The predicted molar refractivity (Wildman–Crippen MR) is 82.3 cm³/mol. The molecule has 0 aromatic heterocycles. The number of methoxy groups -OCH3 is 1. The van der Waals surface area contributed by atoms with Crippen LogP contribution in [-0.2, 0) is 0 Å². The fourth-order valence-electron chi connectivity index (χ4n) is 1.72. The molecule has 2 rings (SSSR count). The molecule has 0 amide bonds. The molecule has 0 spiro atoms. The highest BCUT2D eigenvalue weighted by molar-refractivity contribution is 6.32. The second kappa shape index (κ2) is 7.73. The molecule has 0 aliphatic carbocycles. The van der Waals surface area contributed by atoms with Gasteiger partial charge >= 0.3 is 6.61 Å². The van der Waals surface area contributed by atoms with Crippen LogP contribution in [0.4, 0.5) is 18.9 Å². The number of ether oxygens (including phenoxy) is 2. The molecular formula is C15H12ClF3N2O2. The first-order chi connectivity index (χ1) is 11.0. The summed E-state index contributed by atoms with van der Waals surface area (Å²) in [6, 6.07) is 8.44. The maximum Gasteiger partial charge on any atom is 0.387 e. The average Bonchev–Trinajstić information content (AvgIpc) is 2.51. The van der Waals surface area contributed by atoms with Gasteiger partial charge in [-0.15, -0.1) is 0 Å². The molecule has 2 aromatic carbocycles. The molecule has 0 atom stereocenters. The number of anilines is 1. The van der Waals surface area contributed by atoms with E-state index in [0.29, 0.717) is 11.3 Å². The lowest BCUT2D eigenvalue weighted by atomic mass is 10.2. The zero-order chi connectivity index (χ0) is 16.8. The van der Waals surface area contributed by atoms with Gasteiger partial charge in [0, 0.05) is 0 Å². The number of alkyl halides is 2. The van der Waals surface area contributed by atoms with Crippen molar-refractivity contribution in [1.82, 2.24) is 0 Å². The predicted octanol–water partition coefficient (Wildman–Crippen LogP) is 4.54. The molecule has 0 fully saturated rings. The number of nitrogens with zero attached hydrogens (tertiary/aromatic N) is 1. The van der Waals surface area contributed by atoms with Crippen LogP contribution in [0.25, 0.3) is 0 Å². The largest absolute Gasteiger partial charge is 0.493 e. The Morgan fingerprint density at radius 2 is 1.91 bits per heavy atom. The number of benzene rings is 2. The smallest absolute Gasteiger partial charge is 0.387 e. The van der Waals surface area contributed by atoms with Gasteiger partial charge in [0.1, 0.15) is 5.82 Å². The molecular weight excluding hydrogens is 333 g/mol. The molecule has 0 saturated carbocycles. The Balaban J connectivity index is 2.15. The van der Waals surface area contributed by atoms with Crippen molar-refractivity contribution in [2.75, 3.05) is 12.5 Å². The Kier molecular flexibility index (Phi) is 5.70. The Morgan fingerprint density at radius 1 is 1.22 bits per heavy atom. The first-order valence-corrected chi connectivity index (χ1v) is 6.74. The molecule has 0 unspecified atom stereocenters. The third-order valence-electron chi connectivity index (χ3n) is 2.71. The van der Waals surface area contributed by atoms with Gasteiger partial charge < -0.3 is 9.47 Å². The van der Waals surface area contributed by atoms with Crippen LogP contribution in [0.3, 0.4) is 0 Å². The number of nitrogens with one attached hydrogen (secondary N) is 1. The molecule has 8 heteroatoms. The van der Waals surface area contributed by atoms with E-state index in [9.17, 15) is 13.2 Å². The van der Waals surface area contributed by atoms with Gasteiger partial charge in [0.15, 0.2) is 11.5 Å². The second-order valence-electron chi connectivity index (χ2n) is 4.29. The maximum atomic E-state index is 12.8. The zero-order valence-corrected chi connectivity index (χ0v) is 12.7. The first-order valence-electron chi connectivity index (χ1n) is 6.36. The summed E-state index contributed by atoms with van der Waals surface area (Å²) >= 11 is 5.91. The van der Waals surface area contributed by atoms with E-state index >= 15 is 0 Å². The van der Waals surface area contributed by atoms with Crippen molar-refractivity contribution in [3.63, 3.8) is 0 Å².